The molecule has 0 unspecified atom stereocenters. The van der Waals surface area contributed by atoms with Crippen LogP contribution in [0.5, 0.6) is 0 Å². The van der Waals surface area contributed by atoms with Crippen molar-refractivity contribution >= 4 is 23.2 Å². The Bertz CT molecular complexity index is 514. The zero-order chi connectivity index (χ0) is 14.8. The molecule has 1 aliphatic carbocycles. The number of likely N-dealkylation sites (tertiary alicyclic amines) is 1. The Morgan fingerprint density at radius 3 is 2.86 bits per heavy atom. The topological polar surface area (TPSA) is 57.6 Å². The van der Waals surface area contributed by atoms with E-state index in [1.165, 1.54) is 12.0 Å². The molecule has 114 valence electrons. The molecule has 0 bridgehead atoms. The van der Waals surface area contributed by atoms with E-state index in [1.54, 1.807) is 16.2 Å². The van der Waals surface area contributed by atoms with Gasteiger partial charge in [-0.2, -0.15) is 11.3 Å². The predicted molar refractivity (Wildman–Crippen MR) is 81.3 cm³/mol. The molecule has 0 aromatic carbocycles. The molecule has 1 saturated carbocycles. The summed E-state index contributed by atoms with van der Waals surface area (Å²) in [5.41, 5.74) is 1.17. The van der Waals surface area contributed by atoms with E-state index in [4.69, 9.17) is 0 Å². The highest BCUT2D eigenvalue weighted by atomic mass is 32.1. The number of hydrogen-bond donors (Lipinski definition) is 1. The zero-order valence-electron chi connectivity index (χ0n) is 12.0. The summed E-state index contributed by atoms with van der Waals surface area (Å²) in [5, 5.41) is 13.5. The number of hydrogen-bond acceptors (Lipinski definition) is 3. The highest BCUT2D eigenvalue weighted by Crippen LogP contribution is 2.40. The van der Waals surface area contributed by atoms with Crippen molar-refractivity contribution in [2.24, 2.45) is 5.92 Å². The summed E-state index contributed by atoms with van der Waals surface area (Å²) in [7, 11) is 0. The van der Waals surface area contributed by atoms with E-state index in [1.807, 2.05) is 11.4 Å². The highest BCUT2D eigenvalue weighted by Gasteiger charge is 2.47. The summed E-state index contributed by atoms with van der Waals surface area (Å²) in [6.07, 6.45) is 6.10. The number of nitrogens with zero attached hydrogens (tertiary/aromatic N) is 1. The lowest BCUT2D eigenvalue weighted by molar-refractivity contribution is -0.149. The Kier molecular flexibility index (Phi) is 4.29. The van der Waals surface area contributed by atoms with Gasteiger partial charge in [-0.25, -0.2) is 4.79 Å². The highest BCUT2D eigenvalue weighted by molar-refractivity contribution is 7.07. The second-order valence-electron chi connectivity index (χ2n) is 6.13. The van der Waals surface area contributed by atoms with Crippen molar-refractivity contribution in [3.63, 3.8) is 0 Å². The summed E-state index contributed by atoms with van der Waals surface area (Å²) >= 11 is 1.63. The molecule has 4 nitrogen and oxygen atoms in total. The van der Waals surface area contributed by atoms with Gasteiger partial charge in [-0.05, 0) is 54.0 Å². The van der Waals surface area contributed by atoms with Gasteiger partial charge in [-0.1, -0.05) is 12.8 Å². The number of carbonyl (C=O) groups excluding carboxylic acids is 1. The fourth-order valence-electron chi connectivity index (χ4n) is 3.85. The number of fused-ring (bicyclic) bond motifs is 1. The first kappa shape index (κ1) is 14.6. The van der Waals surface area contributed by atoms with Gasteiger partial charge < -0.3 is 10.0 Å². The summed E-state index contributed by atoms with van der Waals surface area (Å²) in [6, 6.07) is 1.59. The monoisotopic (exact) mass is 307 g/mol. The maximum absolute atomic E-state index is 12.6. The molecule has 1 N–H and O–H groups in total. The van der Waals surface area contributed by atoms with Crippen LogP contribution >= 0.6 is 11.3 Å². The van der Waals surface area contributed by atoms with Gasteiger partial charge in [0.2, 0.25) is 5.91 Å². The molecule has 5 heteroatoms. The summed E-state index contributed by atoms with van der Waals surface area (Å²) in [6.45, 7) is 0. The van der Waals surface area contributed by atoms with E-state index >= 15 is 0 Å². The van der Waals surface area contributed by atoms with Crippen molar-refractivity contribution in [2.75, 3.05) is 0 Å². The minimum absolute atomic E-state index is 0.0167. The van der Waals surface area contributed by atoms with Gasteiger partial charge in [-0.15, -0.1) is 0 Å². The number of amides is 1. The average molecular weight is 307 g/mol. The number of carboxylic acid groups (broad SMARTS) is 1. The zero-order valence-corrected chi connectivity index (χ0v) is 12.8. The van der Waals surface area contributed by atoms with Crippen LogP contribution in [0.4, 0.5) is 0 Å². The van der Waals surface area contributed by atoms with Crippen molar-refractivity contribution in [3.8, 4) is 0 Å². The second-order valence-corrected chi connectivity index (χ2v) is 6.91. The number of rotatable bonds is 4. The molecule has 0 radical (unpaired) electrons. The summed E-state index contributed by atoms with van der Waals surface area (Å²) in [5.74, 6) is -0.429. The minimum atomic E-state index is -0.840. The molecule has 21 heavy (non-hydrogen) atoms. The third-order valence-electron chi connectivity index (χ3n) is 4.87. The Labute approximate surface area is 128 Å². The van der Waals surface area contributed by atoms with E-state index in [0.29, 0.717) is 25.2 Å². The molecule has 2 heterocycles. The molecule has 1 aromatic rings. The second kappa shape index (κ2) is 6.18. The van der Waals surface area contributed by atoms with Gasteiger partial charge in [0.1, 0.15) is 6.04 Å². The van der Waals surface area contributed by atoms with Crippen LogP contribution < -0.4 is 0 Å². The Hall–Kier alpha value is -1.36. The number of carboxylic acids is 1. The van der Waals surface area contributed by atoms with Gasteiger partial charge in [0.05, 0.1) is 0 Å². The first-order valence-corrected chi connectivity index (χ1v) is 8.66. The molecule has 2 aliphatic rings. The van der Waals surface area contributed by atoms with Gasteiger partial charge >= 0.3 is 5.97 Å². The number of thiophene rings is 1. The molecule has 1 aliphatic heterocycles. The van der Waals surface area contributed by atoms with Crippen LogP contribution in [0.3, 0.4) is 0 Å². The van der Waals surface area contributed by atoms with E-state index in [0.717, 1.165) is 19.3 Å². The fraction of sp³-hybridized carbons (Fsp3) is 0.625. The largest absolute Gasteiger partial charge is 0.480 e. The molecule has 2 fully saturated rings. The van der Waals surface area contributed by atoms with Crippen LogP contribution in [-0.2, 0) is 16.0 Å². The van der Waals surface area contributed by atoms with Crippen molar-refractivity contribution in [1.29, 1.82) is 0 Å². The van der Waals surface area contributed by atoms with E-state index < -0.39 is 12.0 Å². The molecule has 3 atom stereocenters. The lowest BCUT2D eigenvalue weighted by atomic mass is 9.84. The van der Waals surface area contributed by atoms with Crippen molar-refractivity contribution < 1.29 is 14.7 Å². The number of aryl methyl sites for hydroxylation is 1. The van der Waals surface area contributed by atoms with Crippen molar-refractivity contribution in [3.05, 3.63) is 22.4 Å². The molecule has 1 amide bonds. The van der Waals surface area contributed by atoms with Gasteiger partial charge in [0.15, 0.2) is 0 Å². The number of carbonyl (C=O) groups is 2. The third kappa shape index (κ3) is 2.98. The van der Waals surface area contributed by atoms with E-state index in [9.17, 15) is 14.7 Å². The van der Waals surface area contributed by atoms with Gasteiger partial charge in [-0.3, -0.25) is 4.79 Å². The lowest BCUT2D eigenvalue weighted by Crippen LogP contribution is -2.46. The standard InChI is InChI=1S/C16H21NO3S/c18-15(6-5-11-7-8-21-10-11)17-13-4-2-1-3-12(13)9-14(17)16(19)20/h7-8,10,12-14H,1-6,9H2,(H,19,20)/t12-,13-,14-/m0/s1. The average Bonchev–Trinajstić information content (AvgIpc) is 3.11. The SMILES string of the molecule is O=C(O)[C@@H]1C[C@@H]2CCCC[C@@H]2N1C(=O)CCc1ccsc1. The molecule has 1 saturated heterocycles. The van der Waals surface area contributed by atoms with Crippen molar-refractivity contribution in [1.82, 2.24) is 4.90 Å². The summed E-state index contributed by atoms with van der Waals surface area (Å²) < 4.78 is 0. The quantitative estimate of drug-likeness (QED) is 0.930. The minimum Gasteiger partial charge on any atom is -0.480 e. The van der Waals surface area contributed by atoms with E-state index in [2.05, 4.69) is 5.38 Å². The van der Waals surface area contributed by atoms with Gasteiger partial charge in [0, 0.05) is 12.5 Å². The molecule has 1 aromatic heterocycles. The van der Waals surface area contributed by atoms with Crippen LogP contribution in [0, 0.1) is 5.92 Å². The Morgan fingerprint density at radius 1 is 1.33 bits per heavy atom. The molecular weight excluding hydrogens is 286 g/mol. The first-order chi connectivity index (χ1) is 10.2. The lowest BCUT2D eigenvalue weighted by Gasteiger charge is -2.33. The first-order valence-electron chi connectivity index (χ1n) is 7.72. The van der Waals surface area contributed by atoms with Crippen LogP contribution in [0.15, 0.2) is 16.8 Å². The van der Waals surface area contributed by atoms with Crippen LogP contribution in [0.1, 0.15) is 44.1 Å². The third-order valence-corrected chi connectivity index (χ3v) is 5.60. The van der Waals surface area contributed by atoms with Crippen molar-refractivity contribution in [2.45, 2.75) is 57.0 Å². The Morgan fingerprint density at radius 2 is 2.14 bits per heavy atom. The maximum Gasteiger partial charge on any atom is 0.326 e. The fourth-order valence-corrected chi connectivity index (χ4v) is 4.56. The smallest absolute Gasteiger partial charge is 0.326 e. The summed E-state index contributed by atoms with van der Waals surface area (Å²) in [4.78, 5) is 25.8. The van der Waals surface area contributed by atoms with Gasteiger partial charge in [0.25, 0.3) is 0 Å². The number of aliphatic carboxylic acids is 1. The molecule has 3 rings (SSSR count). The predicted octanol–water partition coefficient (Wildman–Crippen LogP) is 2.93. The van der Waals surface area contributed by atoms with Crippen LogP contribution in [0.25, 0.3) is 0 Å². The molecule has 0 spiro atoms. The van der Waals surface area contributed by atoms with E-state index in [-0.39, 0.29) is 11.9 Å². The Balaban J connectivity index is 1.70. The molecular formula is C16H21NO3S. The normalized spacial score (nSPS) is 28.4. The maximum atomic E-state index is 12.6. The van der Waals surface area contributed by atoms with Crippen LogP contribution in [0.2, 0.25) is 0 Å². The van der Waals surface area contributed by atoms with Crippen LogP contribution in [-0.4, -0.2) is 34.0 Å².